The minimum absolute atomic E-state index is 0.0577. The lowest BCUT2D eigenvalue weighted by Crippen LogP contribution is -2.43. The lowest BCUT2D eigenvalue weighted by Gasteiger charge is -2.35. The van der Waals surface area contributed by atoms with Crippen LogP contribution in [-0.2, 0) is 71.3 Å². The lowest BCUT2D eigenvalue weighted by molar-refractivity contribution is -0.168. The molecule has 0 aromatic rings. The van der Waals surface area contributed by atoms with Gasteiger partial charge >= 0.3 is 36.2 Å². The van der Waals surface area contributed by atoms with E-state index in [2.05, 4.69) is 0 Å². The smallest absolute Gasteiger partial charge is 0.462 e. The van der Waals surface area contributed by atoms with E-state index < -0.39 is 92.7 Å². The molecule has 0 bridgehead atoms. The lowest BCUT2D eigenvalue weighted by atomic mass is 9.79. The van der Waals surface area contributed by atoms with E-state index in [4.69, 9.17) is 52.1 Å². The first-order valence-electron chi connectivity index (χ1n) is 27.7. The van der Waals surface area contributed by atoms with Crippen LogP contribution in [-0.4, -0.2) is 169 Å². The topological polar surface area (TPSA) is 244 Å². The van der Waals surface area contributed by atoms with E-state index in [1.165, 1.54) is 0 Å². The fourth-order valence-electron chi connectivity index (χ4n) is 8.00. The molecule has 2 heterocycles. The number of carbonyl (C=O) groups is 6. The summed E-state index contributed by atoms with van der Waals surface area (Å²) in [4.78, 5) is 78.3. The maximum absolute atomic E-state index is 13.4. The highest BCUT2D eigenvalue weighted by atomic mass is 33.1. The van der Waals surface area contributed by atoms with Gasteiger partial charge in [0.15, 0.2) is 0 Å². The molecular weight excluding hydrogens is 1100 g/mol. The summed E-state index contributed by atoms with van der Waals surface area (Å²) >= 11 is 0. The van der Waals surface area contributed by atoms with Crippen LogP contribution in [0.15, 0.2) is 0 Å². The van der Waals surface area contributed by atoms with E-state index in [-0.39, 0.29) is 64.4 Å². The molecule has 19 nitrogen and oxygen atoms in total. The number of carbonyl (C=O) groups excluding carboxylic acids is 6. The number of aliphatic hydroxyl groups is 2. The zero-order valence-corrected chi connectivity index (χ0v) is 53.7. The van der Waals surface area contributed by atoms with Gasteiger partial charge in [0, 0.05) is 42.5 Å². The fraction of sp³-hybridized carbons (Fsp3) is 0.893. The number of hydrogen-bond acceptors (Lipinski definition) is 23. The van der Waals surface area contributed by atoms with E-state index in [9.17, 15) is 39.0 Å². The Hall–Kier alpha value is -2.38. The Labute approximate surface area is 487 Å². The summed E-state index contributed by atoms with van der Waals surface area (Å²) < 4.78 is 62.9. The predicted octanol–water partition coefficient (Wildman–Crippen LogP) is 10.9. The highest BCUT2D eigenvalue weighted by molar-refractivity contribution is 8.77. The summed E-state index contributed by atoms with van der Waals surface area (Å²) in [6.07, 6.45) is 1.38. The minimum Gasteiger partial charge on any atom is -0.462 e. The van der Waals surface area contributed by atoms with Gasteiger partial charge in [-0.25, -0.2) is 9.59 Å². The van der Waals surface area contributed by atoms with Crippen LogP contribution >= 0.6 is 43.2 Å². The van der Waals surface area contributed by atoms with E-state index in [0.717, 1.165) is 0 Å². The Morgan fingerprint density at radius 2 is 0.747 bits per heavy atom. The molecule has 0 amide bonds. The van der Waals surface area contributed by atoms with Crippen molar-refractivity contribution in [2.75, 3.05) is 89.1 Å². The molecule has 0 aromatic heterocycles. The van der Waals surface area contributed by atoms with E-state index in [1.807, 2.05) is 55.4 Å². The Balaban J connectivity index is 1.80. The number of esters is 4. The number of ether oxygens (including phenoxy) is 11. The molecule has 0 spiro atoms. The summed E-state index contributed by atoms with van der Waals surface area (Å²) in [5.74, 6) is 0.449. The van der Waals surface area contributed by atoms with Crippen molar-refractivity contribution in [3.63, 3.8) is 0 Å². The largest absolute Gasteiger partial charge is 0.508 e. The zero-order valence-electron chi connectivity index (χ0n) is 50.4. The fourth-order valence-corrected chi connectivity index (χ4v) is 14.6. The third-order valence-corrected chi connectivity index (χ3v) is 20.7. The van der Waals surface area contributed by atoms with Crippen molar-refractivity contribution in [1.82, 2.24) is 0 Å². The summed E-state index contributed by atoms with van der Waals surface area (Å²) in [6, 6.07) is 0. The van der Waals surface area contributed by atoms with Crippen molar-refractivity contribution in [2.45, 2.75) is 209 Å². The van der Waals surface area contributed by atoms with Crippen molar-refractivity contribution in [2.24, 2.45) is 21.7 Å². The molecule has 23 heteroatoms. The van der Waals surface area contributed by atoms with Gasteiger partial charge in [0.25, 0.3) is 0 Å². The number of rotatable bonds is 38. The molecule has 79 heavy (non-hydrogen) atoms. The first-order chi connectivity index (χ1) is 36.5. The van der Waals surface area contributed by atoms with Crippen LogP contribution in [0, 0.1) is 21.7 Å². The van der Waals surface area contributed by atoms with Crippen LogP contribution in [0.2, 0.25) is 0 Å². The molecule has 0 radical (unpaired) electrons. The summed E-state index contributed by atoms with van der Waals surface area (Å²) in [5, 5.41) is 21.9. The van der Waals surface area contributed by atoms with Gasteiger partial charge in [-0.15, -0.1) is 0 Å². The van der Waals surface area contributed by atoms with Gasteiger partial charge in [-0.3, -0.25) is 19.2 Å². The molecule has 6 unspecified atom stereocenters. The molecule has 2 saturated heterocycles. The van der Waals surface area contributed by atoms with E-state index >= 15 is 0 Å². The average Bonchev–Trinajstić information content (AvgIpc) is 4.03. The third kappa shape index (κ3) is 26.0. The van der Waals surface area contributed by atoms with Gasteiger partial charge in [0.1, 0.15) is 61.7 Å². The second-order valence-electron chi connectivity index (χ2n) is 24.6. The van der Waals surface area contributed by atoms with E-state index in [1.54, 1.807) is 98.6 Å². The predicted molar refractivity (Wildman–Crippen MR) is 309 cm³/mol. The Kier molecular flexibility index (Phi) is 29.5. The van der Waals surface area contributed by atoms with Crippen LogP contribution in [0.1, 0.15) is 175 Å². The molecule has 2 rings (SSSR count). The molecule has 2 N–H and O–H groups in total. The van der Waals surface area contributed by atoms with Crippen molar-refractivity contribution < 1.29 is 91.1 Å². The highest BCUT2D eigenvalue weighted by Crippen LogP contribution is 2.45. The minimum atomic E-state index is -1.43. The Morgan fingerprint density at radius 3 is 1.10 bits per heavy atom. The molecule has 0 aliphatic carbocycles. The summed E-state index contributed by atoms with van der Waals surface area (Å²) in [5.41, 5.74) is -9.59. The van der Waals surface area contributed by atoms with Gasteiger partial charge in [-0.1, -0.05) is 70.9 Å². The van der Waals surface area contributed by atoms with Crippen molar-refractivity contribution in [3.05, 3.63) is 0 Å². The van der Waals surface area contributed by atoms with Gasteiger partial charge in [-0.2, -0.15) is 0 Å². The maximum Gasteiger partial charge on any atom is 0.508 e. The van der Waals surface area contributed by atoms with Crippen LogP contribution in [0.25, 0.3) is 0 Å². The molecule has 0 aromatic carbocycles. The van der Waals surface area contributed by atoms with Gasteiger partial charge in [0.2, 0.25) is 0 Å². The standard InChI is InChI=1S/C56H98O19S4/c1-17-53(13,63)33-49(9,41(57)66-29-31-68-43(59)51(11)37-76-77-38-51)35-70-45(61)74-55(15,19-3)23-26-65-25-21-47(5,6)72-27-22-48(7,8)73-28-24-56(16,20-4)75-46(62)71-36-50(10,34-54(14,64)18-2)42(58)67-30-32-69-44(60)52(12)39-78-79-40-52/h63-64H,17-40H2,1-16H3. The monoisotopic (exact) mass is 1200 g/mol. The average molecular weight is 1200 g/mol. The Bertz CT molecular complexity index is 1940. The van der Waals surface area contributed by atoms with Crippen molar-refractivity contribution in [1.29, 1.82) is 0 Å². The third-order valence-electron chi connectivity index (χ3n) is 14.9. The highest BCUT2D eigenvalue weighted by Gasteiger charge is 2.46. The van der Waals surface area contributed by atoms with Crippen LogP contribution < -0.4 is 0 Å². The van der Waals surface area contributed by atoms with Crippen LogP contribution in [0.3, 0.4) is 0 Å². The quantitative estimate of drug-likeness (QED) is 0.0252. The normalized spacial score (nSPS) is 19.9. The molecular formula is C56H98O19S4. The summed E-state index contributed by atoms with van der Waals surface area (Å²) in [6.45, 7) is 28.6. The zero-order chi connectivity index (χ0) is 60.0. The molecule has 6 atom stereocenters. The molecule has 2 aliphatic rings. The van der Waals surface area contributed by atoms with E-state index in [0.29, 0.717) is 87.6 Å². The molecule has 2 aliphatic heterocycles. The van der Waals surface area contributed by atoms with Crippen LogP contribution in [0.5, 0.6) is 0 Å². The SMILES string of the molecule is CCC(C)(O)CC(C)(COC(=O)OC(C)(CC)CCOCCC(C)(C)OCCC(C)(C)OCCC(C)(CC)OC(=O)OCC(C)(CC(C)(O)CC)C(=O)OCCOC(=O)C1(C)CSSC1)C(=O)OCCOC(=O)C1(C)CSSC1. The Morgan fingerprint density at radius 1 is 0.430 bits per heavy atom. The first kappa shape index (κ1) is 72.7. The number of hydrogen-bond donors (Lipinski definition) is 2. The first-order valence-corrected chi connectivity index (χ1v) is 32.7. The molecule has 460 valence electrons. The second kappa shape index (κ2) is 32.0. The molecule has 2 fully saturated rings. The van der Waals surface area contributed by atoms with Gasteiger partial charge in [0.05, 0.1) is 53.1 Å². The van der Waals surface area contributed by atoms with Crippen molar-refractivity contribution in [3.8, 4) is 0 Å². The van der Waals surface area contributed by atoms with Crippen LogP contribution in [0.4, 0.5) is 9.59 Å². The second-order valence-corrected chi connectivity index (χ2v) is 29.5. The maximum atomic E-state index is 13.4. The van der Waals surface area contributed by atoms with Gasteiger partial charge in [-0.05, 0) is 134 Å². The van der Waals surface area contributed by atoms with Gasteiger partial charge < -0.3 is 62.3 Å². The molecule has 0 saturated carbocycles. The van der Waals surface area contributed by atoms with Crippen molar-refractivity contribution >= 4 is 79.4 Å². The summed E-state index contributed by atoms with van der Waals surface area (Å²) in [7, 11) is 6.44.